The van der Waals surface area contributed by atoms with E-state index in [0.717, 1.165) is 42.1 Å². The van der Waals surface area contributed by atoms with Crippen LogP contribution in [0.15, 0.2) is 40.5 Å². The van der Waals surface area contributed by atoms with Crippen molar-refractivity contribution < 1.29 is 31.1 Å². The van der Waals surface area contributed by atoms with Gasteiger partial charge in [0.25, 0.3) is 5.24 Å². The van der Waals surface area contributed by atoms with Gasteiger partial charge in [-0.2, -0.15) is 31.4 Å². The summed E-state index contributed by atoms with van der Waals surface area (Å²) in [6.07, 6.45) is -5.59. The van der Waals surface area contributed by atoms with Crippen LogP contribution in [0.25, 0.3) is 17.1 Å². The Morgan fingerprint density at radius 2 is 1.85 bits per heavy atom. The number of carbonyl (C=O) groups excluding carboxylic acids is 1. The van der Waals surface area contributed by atoms with E-state index in [-0.39, 0.29) is 28.2 Å². The van der Waals surface area contributed by atoms with Crippen molar-refractivity contribution in [3.63, 3.8) is 0 Å². The molecule has 0 atom stereocenters. The summed E-state index contributed by atoms with van der Waals surface area (Å²) >= 11 is 0.937. The molecular formula is C24H23F6N7OS. The maximum absolute atomic E-state index is 13.5. The van der Waals surface area contributed by atoms with Crippen molar-refractivity contribution in [1.82, 2.24) is 30.0 Å². The number of thioether (sulfide) groups is 1. The van der Waals surface area contributed by atoms with Gasteiger partial charge in [-0.15, -0.1) is 0 Å². The SMILES string of the molecule is CCN(CC)CCN=C1NC(=O)S/C1=C\c1ncc2nn(Cc3ccc(C(F)(F)F)cc3C(F)(F)F)cc2n1. The molecule has 1 amide bonds. The summed E-state index contributed by atoms with van der Waals surface area (Å²) in [5.41, 5.74) is -2.58. The fourth-order valence-electron chi connectivity index (χ4n) is 3.87. The average molecular weight is 572 g/mol. The quantitative estimate of drug-likeness (QED) is 0.362. The first-order valence-corrected chi connectivity index (χ1v) is 12.6. The van der Waals surface area contributed by atoms with Gasteiger partial charge in [-0.3, -0.25) is 14.5 Å². The number of halogens is 6. The van der Waals surface area contributed by atoms with Crippen LogP contribution < -0.4 is 5.32 Å². The molecule has 1 aromatic carbocycles. The van der Waals surface area contributed by atoms with Crippen molar-refractivity contribution in [2.45, 2.75) is 32.7 Å². The van der Waals surface area contributed by atoms with Crippen LogP contribution in [0.5, 0.6) is 0 Å². The number of nitrogens with zero attached hydrogens (tertiary/aromatic N) is 6. The zero-order valence-electron chi connectivity index (χ0n) is 20.8. The molecule has 1 fully saturated rings. The third kappa shape index (κ3) is 6.95. The third-order valence-corrected chi connectivity index (χ3v) is 6.71. The molecule has 1 saturated heterocycles. The number of fused-ring (bicyclic) bond motifs is 1. The second-order valence-electron chi connectivity index (χ2n) is 8.47. The predicted molar refractivity (Wildman–Crippen MR) is 135 cm³/mol. The summed E-state index contributed by atoms with van der Waals surface area (Å²) in [5.74, 6) is 0.626. The third-order valence-electron chi connectivity index (χ3n) is 5.90. The van der Waals surface area contributed by atoms with Gasteiger partial charge in [-0.05, 0) is 42.5 Å². The summed E-state index contributed by atoms with van der Waals surface area (Å²) in [6.45, 7) is 6.61. The highest BCUT2D eigenvalue weighted by atomic mass is 32.2. The summed E-state index contributed by atoms with van der Waals surface area (Å²) in [4.78, 5) is 27.7. The van der Waals surface area contributed by atoms with E-state index in [1.165, 1.54) is 12.4 Å². The van der Waals surface area contributed by atoms with Gasteiger partial charge in [0.05, 0.1) is 41.5 Å². The molecule has 0 aliphatic carbocycles. The number of carbonyl (C=O) groups is 1. The van der Waals surface area contributed by atoms with E-state index in [0.29, 0.717) is 28.9 Å². The Balaban J connectivity index is 1.58. The Hall–Kier alpha value is -3.46. The number of hydrogen-bond acceptors (Lipinski definition) is 7. The first kappa shape index (κ1) is 28.5. The number of likely N-dealkylation sites (N-methyl/N-ethyl adjacent to an activating group) is 1. The van der Waals surface area contributed by atoms with E-state index < -0.39 is 30.0 Å². The molecule has 0 unspecified atom stereocenters. The fourth-order valence-corrected chi connectivity index (χ4v) is 4.59. The molecular weight excluding hydrogens is 548 g/mol. The fraction of sp³-hybridized carbons (Fsp3) is 0.375. The molecule has 208 valence electrons. The number of benzene rings is 1. The van der Waals surface area contributed by atoms with Gasteiger partial charge in [0.1, 0.15) is 16.9 Å². The van der Waals surface area contributed by atoms with Gasteiger partial charge in [0.2, 0.25) is 0 Å². The smallest absolute Gasteiger partial charge is 0.302 e. The number of aliphatic imine (C=N–C) groups is 1. The normalized spacial score (nSPS) is 16.7. The molecule has 3 heterocycles. The minimum atomic E-state index is -4.99. The Morgan fingerprint density at radius 1 is 1.10 bits per heavy atom. The van der Waals surface area contributed by atoms with E-state index in [4.69, 9.17) is 0 Å². The van der Waals surface area contributed by atoms with E-state index in [1.807, 2.05) is 13.8 Å². The van der Waals surface area contributed by atoms with Gasteiger partial charge >= 0.3 is 12.4 Å². The summed E-state index contributed by atoms with van der Waals surface area (Å²) in [5, 5.41) is 6.55. The molecule has 0 bridgehead atoms. The van der Waals surface area contributed by atoms with E-state index >= 15 is 0 Å². The van der Waals surface area contributed by atoms with Gasteiger partial charge in [0.15, 0.2) is 5.82 Å². The molecule has 39 heavy (non-hydrogen) atoms. The lowest BCUT2D eigenvalue weighted by Gasteiger charge is -2.16. The van der Waals surface area contributed by atoms with Crippen LogP contribution in [0, 0.1) is 0 Å². The van der Waals surface area contributed by atoms with E-state index in [9.17, 15) is 31.1 Å². The second-order valence-corrected chi connectivity index (χ2v) is 9.49. The van der Waals surface area contributed by atoms with Crippen LogP contribution in [-0.4, -0.2) is 61.9 Å². The van der Waals surface area contributed by atoms with Crippen molar-refractivity contribution in [2.24, 2.45) is 4.99 Å². The van der Waals surface area contributed by atoms with Crippen LogP contribution in [0.2, 0.25) is 0 Å². The molecule has 1 N–H and O–H groups in total. The minimum absolute atomic E-state index is 0.0956. The summed E-state index contributed by atoms with van der Waals surface area (Å²) < 4.78 is 80.6. The first-order valence-electron chi connectivity index (χ1n) is 11.8. The van der Waals surface area contributed by atoms with Gasteiger partial charge < -0.3 is 10.2 Å². The van der Waals surface area contributed by atoms with Gasteiger partial charge in [0, 0.05) is 12.6 Å². The monoisotopic (exact) mass is 571 g/mol. The van der Waals surface area contributed by atoms with Crippen molar-refractivity contribution in [2.75, 3.05) is 26.2 Å². The summed E-state index contributed by atoms with van der Waals surface area (Å²) in [7, 11) is 0. The molecule has 3 aromatic rings. The lowest BCUT2D eigenvalue weighted by molar-refractivity contribution is -0.143. The minimum Gasteiger partial charge on any atom is -0.302 e. The van der Waals surface area contributed by atoms with E-state index in [1.54, 1.807) is 6.08 Å². The Bertz CT molecular complexity index is 1430. The molecule has 4 rings (SSSR count). The number of nitrogens with one attached hydrogen (secondary N) is 1. The second kappa shape index (κ2) is 11.3. The molecule has 15 heteroatoms. The van der Waals surface area contributed by atoms with Crippen molar-refractivity contribution in [3.8, 4) is 0 Å². The number of aromatic nitrogens is 4. The van der Waals surface area contributed by atoms with Crippen LogP contribution in [-0.2, 0) is 18.9 Å². The maximum Gasteiger partial charge on any atom is 0.416 e. The topological polar surface area (TPSA) is 88.3 Å². The van der Waals surface area contributed by atoms with Crippen LogP contribution in [0.1, 0.15) is 36.4 Å². The predicted octanol–water partition coefficient (Wildman–Crippen LogP) is 5.45. The number of rotatable bonds is 8. The molecule has 1 aliphatic rings. The molecule has 0 radical (unpaired) electrons. The van der Waals surface area contributed by atoms with Gasteiger partial charge in [-0.1, -0.05) is 19.9 Å². The lowest BCUT2D eigenvalue weighted by Crippen LogP contribution is -2.27. The van der Waals surface area contributed by atoms with Crippen LogP contribution in [0.3, 0.4) is 0 Å². The lowest BCUT2D eigenvalue weighted by atomic mass is 10.0. The zero-order valence-corrected chi connectivity index (χ0v) is 21.6. The van der Waals surface area contributed by atoms with Crippen molar-refractivity contribution >= 4 is 39.9 Å². The average Bonchev–Trinajstić information content (AvgIpc) is 3.42. The zero-order chi connectivity index (χ0) is 28.4. The standard InChI is InChI=1S/C24H23F6N7OS/c1-3-36(4-2)8-7-31-21-19(39-22(38)34-21)10-20-32-11-17-18(33-20)13-37(35-17)12-14-5-6-15(23(25,26)27)9-16(14)24(28,29)30/h5-6,9-11,13H,3-4,7-8,12H2,1-2H3,(H,31,34,38)/b19-10-. The molecule has 0 spiro atoms. The molecule has 8 nitrogen and oxygen atoms in total. The Labute approximate surface area is 223 Å². The highest BCUT2D eigenvalue weighted by molar-refractivity contribution is 8.18. The van der Waals surface area contributed by atoms with Crippen LogP contribution in [0.4, 0.5) is 31.1 Å². The van der Waals surface area contributed by atoms with E-state index in [2.05, 4.69) is 30.3 Å². The molecule has 0 saturated carbocycles. The van der Waals surface area contributed by atoms with Crippen molar-refractivity contribution in [3.05, 3.63) is 58.0 Å². The number of amidine groups is 1. The Morgan fingerprint density at radius 3 is 2.51 bits per heavy atom. The molecule has 2 aromatic heterocycles. The Kier molecular flexibility index (Phi) is 8.30. The van der Waals surface area contributed by atoms with Gasteiger partial charge in [-0.25, -0.2) is 9.97 Å². The van der Waals surface area contributed by atoms with Crippen molar-refractivity contribution in [1.29, 1.82) is 0 Å². The van der Waals surface area contributed by atoms with Crippen LogP contribution >= 0.6 is 11.8 Å². The first-order chi connectivity index (χ1) is 18.4. The summed E-state index contributed by atoms with van der Waals surface area (Å²) in [6, 6.07) is 1.49. The number of alkyl halides is 6. The molecule has 1 aliphatic heterocycles. The maximum atomic E-state index is 13.5. The number of hydrogen-bond donors (Lipinski definition) is 1. The largest absolute Gasteiger partial charge is 0.416 e. The highest BCUT2D eigenvalue weighted by Gasteiger charge is 2.38. The highest BCUT2D eigenvalue weighted by Crippen LogP contribution is 2.37. The number of amides is 1.